The first-order valence-corrected chi connectivity index (χ1v) is 7.28. The molecule has 0 N–H and O–H groups in total. The Labute approximate surface area is 127 Å². The normalized spacial score (nSPS) is 13.0. The van der Waals surface area contributed by atoms with Gasteiger partial charge in [-0.05, 0) is 31.5 Å². The van der Waals surface area contributed by atoms with Gasteiger partial charge < -0.3 is 4.57 Å². The van der Waals surface area contributed by atoms with Gasteiger partial charge in [0, 0.05) is 7.05 Å². The van der Waals surface area contributed by atoms with Crippen molar-refractivity contribution in [3.63, 3.8) is 0 Å². The molecular formula is C15H16ClFN4. The minimum Gasteiger partial charge on any atom is -0.305 e. The first-order chi connectivity index (χ1) is 10.0. The Hall–Kier alpha value is -1.88. The van der Waals surface area contributed by atoms with Crippen molar-refractivity contribution < 1.29 is 4.39 Å². The SMILES string of the molecule is Cc1nn(C)c2c1nc(CCl)n2C(C)c1cccc(F)c1. The predicted octanol–water partition coefficient (Wildman–Crippen LogP) is 3.57. The maximum atomic E-state index is 13.5. The molecule has 1 atom stereocenters. The van der Waals surface area contributed by atoms with Gasteiger partial charge in [0.2, 0.25) is 0 Å². The highest BCUT2D eigenvalue weighted by Crippen LogP contribution is 2.28. The lowest BCUT2D eigenvalue weighted by atomic mass is 10.1. The Morgan fingerprint density at radius 2 is 2.14 bits per heavy atom. The molecule has 4 nitrogen and oxygen atoms in total. The number of alkyl halides is 1. The van der Waals surface area contributed by atoms with E-state index >= 15 is 0 Å². The molecule has 0 aliphatic carbocycles. The van der Waals surface area contributed by atoms with Crippen molar-refractivity contribution in [3.8, 4) is 0 Å². The van der Waals surface area contributed by atoms with Crippen LogP contribution in [0.2, 0.25) is 0 Å². The van der Waals surface area contributed by atoms with Gasteiger partial charge in [-0.3, -0.25) is 4.68 Å². The number of nitrogens with zero attached hydrogens (tertiary/aromatic N) is 4. The number of fused-ring (bicyclic) bond motifs is 1. The molecule has 2 aromatic heterocycles. The Bertz CT molecular complexity index is 805. The summed E-state index contributed by atoms with van der Waals surface area (Å²) in [4.78, 5) is 4.57. The maximum Gasteiger partial charge on any atom is 0.159 e. The van der Waals surface area contributed by atoms with E-state index in [2.05, 4.69) is 10.1 Å². The fourth-order valence-corrected chi connectivity index (χ4v) is 2.95. The first kappa shape index (κ1) is 14.1. The van der Waals surface area contributed by atoms with Crippen molar-refractivity contribution in [2.24, 2.45) is 7.05 Å². The minimum atomic E-state index is -0.246. The van der Waals surface area contributed by atoms with Crippen LogP contribution < -0.4 is 0 Å². The number of aromatic nitrogens is 4. The molecule has 110 valence electrons. The van der Waals surface area contributed by atoms with Crippen LogP contribution in [-0.2, 0) is 12.9 Å². The number of imidazole rings is 1. The molecule has 6 heteroatoms. The average molecular weight is 307 g/mol. The van der Waals surface area contributed by atoms with E-state index in [-0.39, 0.29) is 11.9 Å². The van der Waals surface area contributed by atoms with Gasteiger partial charge in [-0.15, -0.1) is 11.6 Å². The molecule has 0 fully saturated rings. The highest BCUT2D eigenvalue weighted by molar-refractivity contribution is 6.16. The van der Waals surface area contributed by atoms with E-state index in [0.717, 1.165) is 28.2 Å². The third-order valence-electron chi connectivity index (χ3n) is 3.75. The molecule has 21 heavy (non-hydrogen) atoms. The maximum absolute atomic E-state index is 13.5. The monoisotopic (exact) mass is 306 g/mol. The molecule has 0 radical (unpaired) electrons. The van der Waals surface area contributed by atoms with E-state index in [4.69, 9.17) is 11.6 Å². The molecule has 1 unspecified atom stereocenters. The fourth-order valence-electron chi connectivity index (χ4n) is 2.76. The number of hydrogen-bond donors (Lipinski definition) is 0. The number of aryl methyl sites for hydroxylation is 2. The summed E-state index contributed by atoms with van der Waals surface area (Å²) in [6, 6.07) is 6.52. The van der Waals surface area contributed by atoms with Gasteiger partial charge in [0.05, 0.1) is 17.6 Å². The van der Waals surface area contributed by atoms with Crippen molar-refractivity contribution in [1.29, 1.82) is 0 Å². The standard InChI is InChI=1S/C15H16ClFN4/c1-9-14-15(20(3)19-9)21(13(8-16)18-14)10(2)11-5-4-6-12(17)7-11/h4-7,10H,8H2,1-3H3. The van der Waals surface area contributed by atoms with Crippen LogP contribution >= 0.6 is 11.6 Å². The van der Waals surface area contributed by atoms with E-state index in [1.807, 2.05) is 31.5 Å². The van der Waals surface area contributed by atoms with Gasteiger partial charge in [0.1, 0.15) is 17.2 Å². The molecule has 0 bridgehead atoms. The van der Waals surface area contributed by atoms with Crippen LogP contribution in [0.5, 0.6) is 0 Å². The zero-order valence-corrected chi connectivity index (χ0v) is 12.9. The number of rotatable bonds is 3. The molecule has 0 spiro atoms. The fraction of sp³-hybridized carbons (Fsp3) is 0.333. The highest BCUT2D eigenvalue weighted by Gasteiger charge is 2.21. The van der Waals surface area contributed by atoms with Gasteiger partial charge >= 0.3 is 0 Å². The van der Waals surface area contributed by atoms with Crippen LogP contribution in [0.25, 0.3) is 11.2 Å². The lowest BCUT2D eigenvalue weighted by molar-refractivity contribution is 0.590. The molecule has 2 heterocycles. The quantitative estimate of drug-likeness (QED) is 0.694. The van der Waals surface area contributed by atoms with E-state index in [1.165, 1.54) is 12.1 Å². The topological polar surface area (TPSA) is 35.6 Å². The van der Waals surface area contributed by atoms with Crippen molar-refractivity contribution in [2.75, 3.05) is 0 Å². The molecule has 0 amide bonds. The summed E-state index contributed by atoms with van der Waals surface area (Å²) < 4.78 is 17.3. The van der Waals surface area contributed by atoms with E-state index in [0.29, 0.717) is 5.88 Å². The van der Waals surface area contributed by atoms with Crippen LogP contribution in [-0.4, -0.2) is 19.3 Å². The highest BCUT2D eigenvalue weighted by atomic mass is 35.5. The molecule has 3 rings (SSSR count). The molecule has 0 saturated carbocycles. The predicted molar refractivity (Wildman–Crippen MR) is 81.0 cm³/mol. The smallest absolute Gasteiger partial charge is 0.159 e. The molecule has 0 saturated heterocycles. The Kier molecular flexibility index (Phi) is 3.45. The number of hydrogen-bond acceptors (Lipinski definition) is 2. The lowest BCUT2D eigenvalue weighted by Crippen LogP contribution is -2.12. The largest absolute Gasteiger partial charge is 0.305 e. The number of benzene rings is 1. The minimum absolute atomic E-state index is 0.0748. The van der Waals surface area contributed by atoms with Crippen molar-refractivity contribution in [2.45, 2.75) is 25.8 Å². The second-order valence-electron chi connectivity index (χ2n) is 5.14. The Morgan fingerprint density at radius 1 is 1.38 bits per heavy atom. The summed E-state index contributed by atoms with van der Waals surface area (Å²) in [6.45, 7) is 3.93. The third kappa shape index (κ3) is 2.21. The number of halogens is 2. The molecule has 1 aromatic carbocycles. The lowest BCUT2D eigenvalue weighted by Gasteiger charge is -2.17. The van der Waals surface area contributed by atoms with Crippen molar-refractivity contribution in [3.05, 3.63) is 47.2 Å². The molecule has 0 aliphatic heterocycles. The Morgan fingerprint density at radius 3 is 2.81 bits per heavy atom. The van der Waals surface area contributed by atoms with Crippen LogP contribution in [0.15, 0.2) is 24.3 Å². The first-order valence-electron chi connectivity index (χ1n) is 6.74. The van der Waals surface area contributed by atoms with Gasteiger partial charge in [-0.2, -0.15) is 5.10 Å². The van der Waals surface area contributed by atoms with Crippen LogP contribution in [0.1, 0.15) is 30.0 Å². The van der Waals surface area contributed by atoms with Crippen LogP contribution in [0.3, 0.4) is 0 Å². The second kappa shape index (κ2) is 5.15. The van der Waals surface area contributed by atoms with Crippen molar-refractivity contribution in [1.82, 2.24) is 19.3 Å². The van der Waals surface area contributed by atoms with Gasteiger partial charge in [-0.25, -0.2) is 9.37 Å². The average Bonchev–Trinajstić information content (AvgIpc) is 2.97. The summed E-state index contributed by atoms with van der Waals surface area (Å²) in [6.07, 6.45) is 0. The van der Waals surface area contributed by atoms with E-state index < -0.39 is 0 Å². The summed E-state index contributed by atoms with van der Waals surface area (Å²) in [5, 5.41) is 4.40. The van der Waals surface area contributed by atoms with Crippen molar-refractivity contribution >= 4 is 22.8 Å². The Balaban J connectivity index is 2.23. The molecule has 0 aliphatic rings. The summed E-state index contributed by atoms with van der Waals surface area (Å²) in [7, 11) is 1.88. The second-order valence-corrected chi connectivity index (χ2v) is 5.41. The molecular weight excluding hydrogens is 291 g/mol. The van der Waals surface area contributed by atoms with Gasteiger partial charge in [0.15, 0.2) is 5.65 Å². The van der Waals surface area contributed by atoms with E-state index in [9.17, 15) is 4.39 Å². The third-order valence-corrected chi connectivity index (χ3v) is 3.99. The zero-order valence-electron chi connectivity index (χ0n) is 12.1. The van der Waals surface area contributed by atoms with Gasteiger partial charge in [-0.1, -0.05) is 12.1 Å². The zero-order chi connectivity index (χ0) is 15.1. The van der Waals surface area contributed by atoms with Gasteiger partial charge in [0.25, 0.3) is 0 Å². The summed E-state index contributed by atoms with van der Waals surface area (Å²) >= 11 is 6.04. The van der Waals surface area contributed by atoms with E-state index in [1.54, 1.807) is 10.7 Å². The van der Waals surface area contributed by atoms with Crippen LogP contribution in [0, 0.1) is 12.7 Å². The summed E-state index contributed by atoms with van der Waals surface area (Å²) in [5.74, 6) is 0.817. The summed E-state index contributed by atoms with van der Waals surface area (Å²) in [5.41, 5.74) is 3.49. The van der Waals surface area contributed by atoms with Crippen LogP contribution in [0.4, 0.5) is 4.39 Å². The molecule has 3 aromatic rings.